The van der Waals surface area contributed by atoms with Gasteiger partial charge in [-0.15, -0.1) is 0 Å². The molecule has 2 aromatic carbocycles. The summed E-state index contributed by atoms with van der Waals surface area (Å²) in [7, 11) is 0. The van der Waals surface area contributed by atoms with Gasteiger partial charge in [0, 0.05) is 25.5 Å². The van der Waals surface area contributed by atoms with Crippen LogP contribution in [-0.4, -0.2) is 0 Å². The molecule has 0 bridgehead atoms. The summed E-state index contributed by atoms with van der Waals surface area (Å²) < 4.78 is 0. The summed E-state index contributed by atoms with van der Waals surface area (Å²) in [5.74, 6) is 0. The maximum Gasteiger partial charge on any atom is 0.0453 e. The summed E-state index contributed by atoms with van der Waals surface area (Å²) in [4.78, 5) is 0. The molecule has 0 aliphatic rings. The molecule has 0 aromatic heterocycles. The lowest BCUT2D eigenvalue weighted by molar-refractivity contribution is 0.640. The number of rotatable bonds is 2. The Kier molecular flexibility index (Phi) is 4.85. The Morgan fingerprint density at radius 2 is 0.857 bits per heavy atom. The highest BCUT2D eigenvalue weighted by Gasteiger charge is 2.26. The molecule has 2 aromatic rings. The summed E-state index contributed by atoms with van der Waals surface area (Å²) in [6, 6.07) is 7.80. The van der Waals surface area contributed by atoms with Gasteiger partial charge in [-0.3, -0.25) is 0 Å². The lowest BCUT2D eigenvalue weighted by Gasteiger charge is -2.28. The first kappa shape index (κ1) is 17.0. The smallest absolute Gasteiger partial charge is 0.0453 e. The number of benzene rings is 2. The molecule has 0 heterocycles. The molecule has 0 fully saturated rings. The Morgan fingerprint density at radius 3 is 1.10 bits per heavy atom. The second kappa shape index (κ2) is 6.01. The van der Waals surface area contributed by atoms with E-state index >= 15 is 0 Å². The van der Waals surface area contributed by atoms with E-state index in [1.807, 2.05) is 38.1 Å². The van der Waals surface area contributed by atoms with Gasteiger partial charge in [-0.05, 0) is 60.4 Å². The van der Waals surface area contributed by atoms with Crippen molar-refractivity contribution in [1.82, 2.24) is 0 Å². The van der Waals surface area contributed by atoms with Crippen LogP contribution in [0.25, 0.3) is 0 Å². The highest BCUT2D eigenvalue weighted by molar-refractivity contribution is 6.36. The summed E-state index contributed by atoms with van der Waals surface area (Å²) >= 11 is 25.1. The van der Waals surface area contributed by atoms with Crippen LogP contribution in [0.3, 0.4) is 0 Å². The molecule has 0 unspecified atom stereocenters. The second-order valence-electron chi connectivity index (χ2n) is 5.75. The maximum absolute atomic E-state index is 6.26. The molecular weight excluding hydrogens is 346 g/mol. The van der Waals surface area contributed by atoms with Crippen LogP contribution < -0.4 is 0 Å². The van der Waals surface area contributed by atoms with E-state index in [0.29, 0.717) is 20.1 Å². The van der Waals surface area contributed by atoms with Crippen LogP contribution in [0.15, 0.2) is 24.3 Å². The van der Waals surface area contributed by atoms with Gasteiger partial charge >= 0.3 is 0 Å². The van der Waals surface area contributed by atoms with E-state index in [-0.39, 0.29) is 5.41 Å². The Balaban J connectivity index is 2.61. The standard InChI is InChI=1S/C17H16Cl4/c1-9-13(18)5-11(6-14(9)19)17(3,4)12-7-15(20)10(2)16(21)8-12/h5-8H,1-4H3. The number of hydrogen-bond acceptors (Lipinski definition) is 0. The van der Waals surface area contributed by atoms with E-state index in [2.05, 4.69) is 13.8 Å². The summed E-state index contributed by atoms with van der Waals surface area (Å²) in [5.41, 5.74) is 3.52. The zero-order valence-electron chi connectivity index (χ0n) is 12.3. The molecule has 4 heteroatoms. The van der Waals surface area contributed by atoms with Crippen LogP contribution in [0, 0.1) is 13.8 Å². The van der Waals surface area contributed by atoms with Gasteiger partial charge in [0.25, 0.3) is 0 Å². The minimum atomic E-state index is -0.304. The molecule has 2 rings (SSSR count). The van der Waals surface area contributed by atoms with Crippen LogP contribution >= 0.6 is 46.4 Å². The average Bonchev–Trinajstić information content (AvgIpc) is 2.40. The largest absolute Gasteiger partial charge is 0.0840 e. The van der Waals surface area contributed by atoms with Gasteiger partial charge in [-0.25, -0.2) is 0 Å². The molecule has 0 aliphatic carbocycles. The van der Waals surface area contributed by atoms with Gasteiger partial charge in [-0.2, -0.15) is 0 Å². The van der Waals surface area contributed by atoms with Crippen molar-refractivity contribution >= 4 is 46.4 Å². The first-order chi connectivity index (χ1) is 9.64. The molecule has 0 aliphatic heterocycles. The lowest BCUT2D eigenvalue weighted by Crippen LogP contribution is -2.19. The fraction of sp³-hybridized carbons (Fsp3) is 0.294. The van der Waals surface area contributed by atoms with Crippen molar-refractivity contribution in [2.45, 2.75) is 33.1 Å². The molecule has 0 atom stereocenters. The van der Waals surface area contributed by atoms with Gasteiger partial charge in [-0.1, -0.05) is 60.3 Å². The SMILES string of the molecule is Cc1c(Cl)cc(C(C)(C)c2cc(Cl)c(C)c(Cl)c2)cc1Cl. The molecule has 0 N–H and O–H groups in total. The van der Waals surface area contributed by atoms with Gasteiger partial charge in [0.05, 0.1) is 0 Å². The van der Waals surface area contributed by atoms with Crippen molar-refractivity contribution in [2.75, 3.05) is 0 Å². The van der Waals surface area contributed by atoms with Crippen LogP contribution in [0.1, 0.15) is 36.1 Å². The topological polar surface area (TPSA) is 0 Å². The second-order valence-corrected chi connectivity index (χ2v) is 7.38. The fourth-order valence-electron chi connectivity index (χ4n) is 2.18. The van der Waals surface area contributed by atoms with Crippen LogP contribution in [0.4, 0.5) is 0 Å². The fourth-order valence-corrected chi connectivity index (χ4v) is 3.15. The summed E-state index contributed by atoms with van der Waals surface area (Å²) in [5, 5.41) is 2.65. The Labute approximate surface area is 146 Å². The first-order valence-electron chi connectivity index (χ1n) is 6.57. The number of hydrogen-bond donors (Lipinski definition) is 0. The van der Waals surface area contributed by atoms with E-state index in [9.17, 15) is 0 Å². The Hall–Kier alpha value is -0.400. The van der Waals surface area contributed by atoms with Gasteiger partial charge in [0.15, 0.2) is 0 Å². The molecule has 0 amide bonds. The van der Waals surface area contributed by atoms with Crippen LogP contribution in [0.2, 0.25) is 20.1 Å². The summed E-state index contributed by atoms with van der Waals surface area (Å²) in [6.07, 6.45) is 0. The Bertz CT molecular complexity index is 596. The van der Waals surface area contributed by atoms with Crippen molar-refractivity contribution in [2.24, 2.45) is 0 Å². The van der Waals surface area contributed by atoms with E-state index in [0.717, 1.165) is 22.3 Å². The van der Waals surface area contributed by atoms with Gasteiger partial charge in [0.2, 0.25) is 0 Å². The predicted molar refractivity (Wildman–Crippen MR) is 94.5 cm³/mol. The van der Waals surface area contributed by atoms with Gasteiger partial charge in [0.1, 0.15) is 0 Å². The molecule has 21 heavy (non-hydrogen) atoms. The van der Waals surface area contributed by atoms with Crippen LogP contribution in [-0.2, 0) is 5.41 Å². The normalized spacial score (nSPS) is 11.8. The van der Waals surface area contributed by atoms with Crippen molar-refractivity contribution in [3.8, 4) is 0 Å². The van der Waals surface area contributed by atoms with Crippen molar-refractivity contribution in [3.05, 3.63) is 66.6 Å². The minimum absolute atomic E-state index is 0.304. The molecule has 0 saturated heterocycles. The highest BCUT2D eigenvalue weighted by atomic mass is 35.5. The lowest BCUT2D eigenvalue weighted by atomic mass is 9.77. The molecule has 0 saturated carbocycles. The van der Waals surface area contributed by atoms with E-state index in [1.165, 1.54) is 0 Å². The zero-order valence-corrected chi connectivity index (χ0v) is 15.3. The summed E-state index contributed by atoms with van der Waals surface area (Å²) in [6.45, 7) is 8.01. The monoisotopic (exact) mass is 360 g/mol. The third-order valence-corrected chi connectivity index (χ3v) is 5.58. The first-order valence-corrected chi connectivity index (χ1v) is 8.08. The van der Waals surface area contributed by atoms with Gasteiger partial charge < -0.3 is 0 Å². The molecule has 0 radical (unpaired) electrons. The quantitative estimate of drug-likeness (QED) is 0.528. The zero-order chi connectivity index (χ0) is 15.9. The molecule has 0 nitrogen and oxygen atoms in total. The predicted octanol–water partition coefficient (Wildman–Crippen LogP) is 7.24. The maximum atomic E-state index is 6.26. The highest BCUT2D eigenvalue weighted by Crippen LogP contribution is 2.39. The third kappa shape index (κ3) is 3.19. The van der Waals surface area contributed by atoms with Crippen molar-refractivity contribution in [3.63, 3.8) is 0 Å². The number of halogens is 4. The van der Waals surface area contributed by atoms with E-state index < -0.39 is 0 Å². The van der Waals surface area contributed by atoms with Crippen molar-refractivity contribution in [1.29, 1.82) is 0 Å². The minimum Gasteiger partial charge on any atom is -0.0840 e. The van der Waals surface area contributed by atoms with E-state index in [4.69, 9.17) is 46.4 Å². The third-order valence-electron chi connectivity index (χ3n) is 4.01. The Morgan fingerprint density at radius 1 is 0.619 bits per heavy atom. The van der Waals surface area contributed by atoms with E-state index in [1.54, 1.807) is 0 Å². The van der Waals surface area contributed by atoms with Crippen molar-refractivity contribution < 1.29 is 0 Å². The average molecular weight is 362 g/mol. The molecular formula is C17H16Cl4. The molecule has 112 valence electrons. The molecule has 0 spiro atoms. The van der Waals surface area contributed by atoms with Crippen LogP contribution in [0.5, 0.6) is 0 Å².